The monoisotopic (exact) mass is 498 g/mol. The van der Waals surface area contributed by atoms with E-state index in [-0.39, 0.29) is 22.5 Å². The second kappa shape index (κ2) is 6.95. The molecular weight excluding hydrogens is 444 g/mol. The van der Waals surface area contributed by atoms with E-state index in [0.717, 1.165) is 17.8 Å². The van der Waals surface area contributed by atoms with Gasteiger partial charge in [0, 0.05) is 16.2 Å². The Kier molecular flexibility index (Phi) is 4.81. The Morgan fingerprint density at radius 2 is 1.00 bits per heavy atom. The van der Waals surface area contributed by atoms with Gasteiger partial charge in [0.15, 0.2) is 18.9 Å². The molecule has 204 valence electrons. The van der Waals surface area contributed by atoms with Gasteiger partial charge in [-0.25, -0.2) is 0 Å². The van der Waals surface area contributed by atoms with E-state index in [1.165, 1.54) is 57.8 Å². The van der Waals surface area contributed by atoms with Gasteiger partial charge >= 0.3 is 0 Å². The molecule has 10 unspecified atom stereocenters. The van der Waals surface area contributed by atoms with Crippen LogP contribution >= 0.6 is 0 Å². The summed E-state index contributed by atoms with van der Waals surface area (Å²) in [5, 5.41) is 0. The highest BCUT2D eigenvalue weighted by Crippen LogP contribution is 2.78. The lowest BCUT2D eigenvalue weighted by Gasteiger charge is -2.76. The fraction of sp³-hybridized carbons (Fsp3) is 1.00. The summed E-state index contributed by atoms with van der Waals surface area (Å²) in [6.07, 6.45) is 11.6. The van der Waals surface area contributed by atoms with E-state index in [9.17, 15) is 0 Å². The Bertz CT molecular complexity index is 901. The van der Waals surface area contributed by atoms with Crippen molar-refractivity contribution in [2.75, 3.05) is 6.79 Å². The summed E-state index contributed by atoms with van der Waals surface area (Å²) < 4.78 is 21.5. The molecule has 3 nitrogen and oxygen atoms in total. The predicted octanol–water partition coefficient (Wildman–Crippen LogP) is 8.42. The van der Waals surface area contributed by atoms with E-state index < -0.39 is 5.79 Å². The zero-order valence-electron chi connectivity index (χ0n) is 24.8. The molecule has 0 aromatic heterocycles. The maximum atomic E-state index is 7.72. The van der Waals surface area contributed by atoms with Crippen molar-refractivity contribution >= 4 is 0 Å². The fourth-order valence-electron chi connectivity index (χ4n) is 12.8. The lowest BCUT2D eigenvalue weighted by atomic mass is 9.33. The molecule has 0 aromatic rings. The smallest absolute Gasteiger partial charge is 0.185 e. The molecule has 6 bridgehead atoms. The summed E-state index contributed by atoms with van der Waals surface area (Å²) in [4.78, 5) is 0. The van der Waals surface area contributed by atoms with E-state index >= 15 is 0 Å². The molecule has 0 radical (unpaired) electrons. The summed E-state index contributed by atoms with van der Waals surface area (Å²) in [5.41, 5.74) is 1.25. The largest absolute Gasteiger partial charge is 0.326 e. The average Bonchev–Trinajstić information content (AvgIpc) is 2.83. The van der Waals surface area contributed by atoms with Crippen molar-refractivity contribution < 1.29 is 14.2 Å². The van der Waals surface area contributed by atoms with Crippen LogP contribution in [0.1, 0.15) is 120 Å². The number of hydrogen-bond donors (Lipinski definition) is 0. The third-order valence-corrected chi connectivity index (χ3v) is 15.6. The van der Waals surface area contributed by atoms with Crippen molar-refractivity contribution in [2.45, 2.75) is 132 Å². The zero-order chi connectivity index (χ0) is 25.7. The van der Waals surface area contributed by atoms with Gasteiger partial charge in [-0.1, -0.05) is 62.3 Å². The van der Waals surface area contributed by atoms with Gasteiger partial charge in [-0.05, 0) is 110 Å². The van der Waals surface area contributed by atoms with Gasteiger partial charge in [0.2, 0.25) is 0 Å². The van der Waals surface area contributed by atoms with Gasteiger partial charge in [0.05, 0.1) is 0 Å². The van der Waals surface area contributed by atoms with E-state index in [0.29, 0.717) is 40.8 Å². The molecule has 10 atom stereocenters. The van der Waals surface area contributed by atoms with Crippen molar-refractivity contribution in [1.82, 2.24) is 0 Å². The van der Waals surface area contributed by atoms with Crippen molar-refractivity contribution in [1.29, 1.82) is 0 Å². The van der Waals surface area contributed by atoms with Crippen LogP contribution in [-0.4, -0.2) is 18.9 Å². The van der Waals surface area contributed by atoms with Crippen LogP contribution in [0.2, 0.25) is 0 Å². The van der Waals surface area contributed by atoms with Crippen LogP contribution in [0.4, 0.5) is 0 Å². The van der Waals surface area contributed by atoms with E-state index in [4.69, 9.17) is 14.2 Å². The lowest BCUT2D eigenvalue weighted by Crippen LogP contribution is -2.77. The standard InChI is InChI=1S/C33H54O3/c1-27(2)20-10-13-30(7,23(27)16-20)26-34-19-35-33(36-26,31(8)14-11-21-17-24(31)28(21,3)4)32(9)15-12-22-18-25(32)29(22,5)6/h20-26H,10-19H2,1-9H3. The van der Waals surface area contributed by atoms with E-state index in [1.54, 1.807) is 0 Å². The molecule has 10 aliphatic rings. The second-order valence-electron chi connectivity index (χ2n) is 17.4. The van der Waals surface area contributed by atoms with Gasteiger partial charge < -0.3 is 14.2 Å². The summed E-state index contributed by atoms with van der Waals surface area (Å²) >= 11 is 0. The molecule has 1 aliphatic heterocycles. The van der Waals surface area contributed by atoms with Crippen LogP contribution in [0.15, 0.2) is 0 Å². The molecule has 3 heteroatoms. The molecule has 9 aliphatic carbocycles. The first-order valence-electron chi connectivity index (χ1n) is 15.6. The van der Waals surface area contributed by atoms with Crippen LogP contribution in [0.3, 0.4) is 0 Å². The molecule has 0 spiro atoms. The predicted molar refractivity (Wildman–Crippen MR) is 143 cm³/mol. The molecule has 10 rings (SSSR count). The first kappa shape index (κ1) is 24.9. The number of ether oxygens (including phenoxy) is 3. The summed E-state index contributed by atoms with van der Waals surface area (Å²) in [6.45, 7) is 23.3. The minimum absolute atomic E-state index is 0.0171. The first-order valence-corrected chi connectivity index (χ1v) is 15.6. The van der Waals surface area contributed by atoms with Gasteiger partial charge in [-0.2, -0.15) is 0 Å². The first-order chi connectivity index (χ1) is 16.6. The van der Waals surface area contributed by atoms with Crippen molar-refractivity contribution in [3.63, 3.8) is 0 Å². The molecule has 1 saturated heterocycles. The van der Waals surface area contributed by atoms with E-state index in [1.807, 2.05) is 0 Å². The third-order valence-electron chi connectivity index (χ3n) is 15.6. The average molecular weight is 499 g/mol. The van der Waals surface area contributed by atoms with Crippen LogP contribution in [0.5, 0.6) is 0 Å². The SMILES string of the molecule is CC1(C)C2CCC(C)(C3OCOC(C4(C)CCC5CC4C5(C)C)(C4(C)CCC5CC4C5(C)C)O3)C1C2. The number of hydrogen-bond acceptors (Lipinski definition) is 3. The van der Waals surface area contributed by atoms with Crippen molar-refractivity contribution in [3.8, 4) is 0 Å². The molecule has 36 heavy (non-hydrogen) atoms. The molecule has 0 N–H and O–H groups in total. The number of fused-ring (bicyclic) bond motifs is 6. The Morgan fingerprint density at radius 1 is 0.556 bits per heavy atom. The van der Waals surface area contributed by atoms with Crippen LogP contribution < -0.4 is 0 Å². The van der Waals surface area contributed by atoms with Crippen molar-refractivity contribution in [3.05, 3.63) is 0 Å². The minimum atomic E-state index is -0.572. The van der Waals surface area contributed by atoms with Gasteiger partial charge in [-0.15, -0.1) is 0 Å². The topological polar surface area (TPSA) is 27.7 Å². The highest BCUT2D eigenvalue weighted by atomic mass is 16.9. The van der Waals surface area contributed by atoms with Gasteiger partial charge in [0.25, 0.3) is 0 Å². The fourth-order valence-corrected chi connectivity index (χ4v) is 12.8. The van der Waals surface area contributed by atoms with Crippen LogP contribution in [0.25, 0.3) is 0 Å². The summed E-state index contributed by atoms with van der Waals surface area (Å²) in [6, 6.07) is 0. The van der Waals surface area contributed by atoms with E-state index in [2.05, 4.69) is 62.3 Å². The summed E-state index contributed by atoms with van der Waals surface area (Å²) in [5.74, 6) is 4.04. The van der Waals surface area contributed by atoms with Gasteiger partial charge in [0.1, 0.15) is 0 Å². The molecule has 10 fully saturated rings. The molecule has 9 saturated carbocycles. The minimum Gasteiger partial charge on any atom is -0.326 e. The normalized spacial score (nSPS) is 59.8. The molecule has 0 aromatic carbocycles. The Labute approximate surface area is 221 Å². The van der Waals surface area contributed by atoms with Gasteiger partial charge in [-0.3, -0.25) is 0 Å². The molecular formula is C33H54O3. The third kappa shape index (κ3) is 2.55. The quantitative estimate of drug-likeness (QED) is 0.391. The molecule has 1 heterocycles. The Balaban J connectivity index is 1.34. The highest BCUT2D eigenvalue weighted by molar-refractivity contribution is 5.22. The Morgan fingerprint density at radius 3 is 1.42 bits per heavy atom. The summed E-state index contributed by atoms with van der Waals surface area (Å²) in [7, 11) is 0. The van der Waals surface area contributed by atoms with Crippen LogP contribution in [0, 0.1) is 68.0 Å². The second-order valence-corrected chi connectivity index (χ2v) is 17.4. The maximum absolute atomic E-state index is 7.72. The van der Waals surface area contributed by atoms with Crippen LogP contribution in [-0.2, 0) is 14.2 Å². The lowest BCUT2D eigenvalue weighted by molar-refractivity contribution is -0.510. The molecule has 0 amide bonds. The Hall–Kier alpha value is -0.120. The maximum Gasteiger partial charge on any atom is 0.185 e. The number of rotatable bonds is 3. The zero-order valence-corrected chi connectivity index (χ0v) is 24.8. The highest BCUT2D eigenvalue weighted by Gasteiger charge is 2.78. The van der Waals surface area contributed by atoms with Crippen molar-refractivity contribution in [2.24, 2.45) is 68.0 Å².